The van der Waals surface area contributed by atoms with Crippen LogP contribution in [0.4, 0.5) is 4.39 Å². The molecular weight excluding hydrogens is 381 g/mol. The van der Waals surface area contributed by atoms with Crippen LogP contribution in [-0.2, 0) is 11.4 Å². The molecule has 0 radical (unpaired) electrons. The fourth-order valence-electron chi connectivity index (χ4n) is 2.43. The smallest absolute Gasteiger partial charge is 0.178 e. The second kappa shape index (κ2) is 8.90. The van der Waals surface area contributed by atoms with Crippen molar-refractivity contribution < 1.29 is 18.7 Å². The van der Waals surface area contributed by atoms with E-state index in [2.05, 4.69) is 0 Å². The first-order valence-electron chi connectivity index (χ1n) is 8.57. The highest BCUT2D eigenvalue weighted by Gasteiger charge is 2.25. The van der Waals surface area contributed by atoms with Crippen LogP contribution in [-0.4, -0.2) is 12.9 Å². The summed E-state index contributed by atoms with van der Waals surface area (Å²) >= 11 is 6.01. The summed E-state index contributed by atoms with van der Waals surface area (Å²) in [6.07, 6.45) is 1.51. The van der Waals surface area contributed by atoms with Gasteiger partial charge in [-0.2, -0.15) is 5.26 Å². The van der Waals surface area contributed by atoms with E-state index >= 15 is 0 Å². The lowest BCUT2D eigenvalue weighted by molar-refractivity contribution is -0.121. The molecule has 0 saturated carbocycles. The first-order chi connectivity index (χ1) is 13.2. The number of benzene rings is 2. The number of carbonyl (C=O) groups is 1. The molecule has 0 aliphatic heterocycles. The number of nitriles is 1. The van der Waals surface area contributed by atoms with Crippen LogP contribution in [0.25, 0.3) is 6.08 Å². The van der Waals surface area contributed by atoms with Gasteiger partial charge in [-0.1, -0.05) is 44.5 Å². The van der Waals surface area contributed by atoms with Crippen LogP contribution in [0.5, 0.6) is 11.5 Å². The topological polar surface area (TPSA) is 59.3 Å². The maximum Gasteiger partial charge on any atom is 0.178 e. The van der Waals surface area contributed by atoms with E-state index in [4.69, 9.17) is 21.1 Å². The number of nitrogens with zero attached hydrogens (tertiary/aromatic N) is 1. The minimum atomic E-state index is -0.659. The van der Waals surface area contributed by atoms with Crippen molar-refractivity contribution in [2.75, 3.05) is 7.11 Å². The van der Waals surface area contributed by atoms with Crippen LogP contribution in [0.3, 0.4) is 0 Å². The first-order valence-corrected chi connectivity index (χ1v) is 8.95. The Kier molecular flexibility index (Phi) is 6.82. The van der Waals surface area contributed by atoms with E-state index in [1.807, 2.05) is 6.07 Å². The summed E-state index contributed by atoms with van der Waals surface area (Å²) in [5.74, 6) is 0.0789. The van der Waals surface area contributed by atoms with Crippen molar-refractivity contribution in [2.24, 2.45) is 5.41 Å². The van der Waals surface area contributed by atoms with Gasteiger partial charge in [-0.25, -0.2) is 4.39 Å². The van der Waals surface area contributed by atoms with Crippen LogP contribution in [0.1, 0.15) is 31.9 Å². The quantitative estimate of drug-likeness (QED) is 0.467. The molecule has 0 saturated heterocycles. The number of ether oxygens (including phenoxy) is 2. The molecule has 0 amide bonds. The van der Waals surface area contributed by atoms with Gasteiger partial charge in [0.2, 0.25) is 0 Å². The molecule has 0 spiro atoms. The van der Waals surface area contributed by atoms with Gasteiger partial charge >= 0.3 is 0 Å². The summed E-state index contributed by atoms with van der Waals surface area (Å²) < 4.78 is 24.9. The predicted octanol–water partition coefficient (Wildman–Crippen LogP) is 5.59. The number of hydrogen-bond acceptors (Lipinski definition) is 4. The standard InChI is InChI=1S/C22H21ClFNO3/c1-22(2,3)21(26)15(12-25)10-14-8-9-19(20(11-14)27-4)28-13-16-17(23)6-5-7-18(16)24/h5-11H,13H2,1-4H3. The number of rotatable bonds is 6. The molecule has 0 aliphatic rings. The Balaban J connectivity index is 2.28. The number of methoxy groups -OCH3 is 1. The third-order valence-electron chi connectivity index (χ3n) is 3.98. The molecule has 0 N–H and O–H groups in total. The summed E-state index contributed by atoms with van der Waals surface area (Å²) in [5.41, 5.74) is 0.259. The third-order valence-corrected chi connectivity index (χ3v) is 4.33. The highest BCUT2D eigenvalue weighted by molar-refractivity contribution is 6.31. The largest absolute Gasteiger partial charge is 0.493 e. The fraction of sp³-hybridized carbons (Fsp3) is 0.273. The molecule has 0 heterocycles. The maximum absolute atomic E-state index is 13.9. The molecule has 2 aromatic rings. The van der Waals surface area contributed by atoms with E-state index in [1.165, 1.54) is 25.3 Å². The average Bonchev–Trinajstić information content (AvgIpc) is 2.65. The maximum atomic E-state index is 13.9. The van der Waals surface area contributed by atoms with Gasteiger partial charge in [-0.3, -0.25) is 4.79 Å². The van der Waals surface area contributed by atoms with Crippen molar-refractivity contribution in [1.82, 2.24) is 0 Å². The molecule has 0 bridgehead atoms. The first kappa shape index (κ1) is 21.5. The number of hydrogen-bond donors (Lipinski definition) is 0. The van der Waals surface area contributed by atoms with Gasteiger partial charge in [-0.15, -0.1) is 0 Å². The Hall–Kier alpha value is -2.84. The highest BCUT2D eigenvalue weighted by Crippen LogP contribution is 2.31. The molecule has 2 rings (SSSR count). The summed E-state index contributed by atoms with van der Waals surface area (Å²) in [6.45, 7) is 5.20. The van der Waals surface area contributed by atoms with Gasteiger partial charge < -0.3 is 9.47 Å². The number of halogens is 2. The number of ketones is 1. The monoisotopic (exact) mass is 401 g/mol. The zero-order chi connectivity index (χ0) is 20.9. The van der Waals surface area contributed by atoms with Gasteiger partial charge in [0.25, 0.3) is 0 Å². The van der Waals surface area contributed by atoms with Crippen molar-refractivity contribution in [1.29, 1.82) is 5.26 Å². The van der Waals surface area contributed by atoms with Crippen LogP contribution in [0.15, 0.2) is 42.0 Å². The van der Waals surface area contributed by atoms with E-state index in [0.717, 1.165) is 0 Å². The van der Waals surface area contributed by atoms with Crippen LogP contribution in [0.2, 0.25) is 5.02 Å². The minimum absolute atomic E-state index is 0.0568. The number of Topliss-reactive ketones (excluding diaryl/α,β-unsaturated/α-hetero) is 1. The lowest BCUT2D eigenvalue weighted by Gasteiger charge is -2.16. The van der Waals surface area contributed by atoms with Gasteiger partial charge in [0.05, 0.1) is 17.7 Å². The molecule has 0 atom stereocenters. The summed E-state index contributed by atoms with van der Waals surface area (Å²) in [5, 5.41) is 9.60. The Bertz CT molecular complexity index is 935. The van der Waals surface area contributed by atoms with Crippen LogP contribution < -0.4 is 9.47 Å². The Morgan fingerprint density at radius 3 is 2.54 bits per heavy atom. The molecule has 4 nitrogen and oxygen atoms in total. The Labute approximate surface area is 169 Å². The van der Waals surface area contributed by atoms with E-state index in [0.29, 0.717) is 17.1 Å². The molecule has 28 heavy (non-hydrogen) atoms. The Morgan fingerprint density at radius 1 is 1.25 bits per heavy atom. The van der Waals surface area contributed by atoms with E-state index in [1.54, 1.807) is 45.0 Å². The average molecular weight is 402 g/mol. The molecule has 0 aromatic heterocycles. The molecule has 146 valence electrons. The van der Waals surface area contributed by atoms with Gasteiger partial charge in [0, 0.05) is 11.0 Å². The molecule has 0 aliphatic carbocycles. The second-order valence-corrected chi connectivity index (χ2v) is 7.56. The molecular formula is C22H21ClFNO3. The molecule has 6 heteroatoms. The minimum Gasteiger partial charge on any atom is -0.493 e. The van der Waals surface area contributed by atoms with Crippen molar-refractivity contribution in [3.8, 4) is 17.6 Å². The fourth-order valence-corrected chi connectivity index (χ4v) is 2.65. The van der Waals surface area contributed by atoms with Crippen molar-refractivity contribution in [2.45, 2.75) is 27.4 Å². The van der Waals surface area contributed by atoms with Crippen LogP contribution >= 0.6 is 11.6 Å². The lowest BCUT2D eigenvalue weighted by Crippen LogP contribution is -2.21. The SMILES string of the molecule is COc1cc(C=C(C#N)C(=O)C(C)(C)C)ccc1OCc1c(F)cccc1Cl. The van der Waals surface area contributed by atoms with Crippen molar-refractivity contribution in [3.63, 3.8) is 0 Å². The number of carbonyl (C=O) groups excluding carboxylic acids is 1. The molecule has 0 unspecified atom stereocenters. The molecule has 0 fully saturated rings. The number of allylic oxidation sites excluding steroid dienone is 1. The van der Waals surface area contributed by atoms with Crippen molar-refractivity contribution in [3.05, 3.63) is 63.9 Å². The highest BCUT2D eigenvalue weighted by atomic mass is 35.5. The van der Waals surface area contributed by atoms with Crippen LogP contribution in [0, 0.1) is 22.6 Å². The zero-order valence-electron chi connectivity index (χ0n) is 16.2. The van der Waals surface area contributed by atoms with E-state index in [-0.39, 0.29) is 28.5 Å². The third kappa shape index (κ3) is 5.11. The van der Waals surface area contributed by atoms with E-state index < -0.39 is 11.2 Å². The normalized spacial score (nSPS) is 11.7. The van der Waals surface area contributed by atoms with Crippen molar-refractivity contribution >= 4 is 23.5 Å². The zero-order valence-corrected chi connectivity index (χ0v) is 16.9. The van der Waals surface area contributed by atoms with Gasteiger partial charge in [0.15, 0.2) is 17.3 Å². The van der Waals surface area contributed by atoms with Gasteiger partial charge in [-0.05, 0) is 35.9 Å². The molecule has 2 aromatic carbocycles. The summed E-state index contributed by atoms with van der Waals surface area (Å²) in [6, 6.07) is 11.3. The Morgan fingerprint density at radius 2 is 1.96 bits per heavy atom. The summed E-state index contributed by atoms with van der Waals surface area (Å²) in [7, 11) is 1.47. The summed E-state index contributed by atoms with van der Waals surface area (Å²) in [4.78, 5) is 12.4. The lowest BCUT2D eigenvalue weighted by atomic mass is 9.86. The second-order valence-electron chi connectivity index (χ2n) is 7.15. The van der Waals surface area contributed by atoms with E-state index in [9.17, 15) is 14.4 Å². The van der Waals surface area contributed by atoms with Gasteiger partial charge in [0.1, 0.15) is 18.5 Å². The predicted molar refractivity (Wildman–Crippen MR) is 107 cm³/mol.